The topological polar surface area (TPSA) is 46.2 Å². The first kappa shape index (κ1) is 6.35. The quantitative estimate of drug-likeness (QED) is 0.433. The fourth-order valence-corrected chi connectivity index (χ4v) is 1.18. The van der Waals surface area contributed by atoms with Gasteiger partial charge in [0, 0.05) is 5.41 Å². The normalized spacial score (nSPS) is 16.2. The fraction of sp³-hybridized carbons (Fsp3) is 0.200. The molecule has 0 amide bonds. The van der Waals surface area contributed by atoms with Crippen LogP contribution in [0.3, 0.4) is 0 Å². The first-order chi connectivity index (χ1) is 4.34. The summed E-state index contributed by atoms with van der Waals surface area (Å²) in [5.41, 5.74) is 0.412. The minimum atomic E-state index is -0.472. The number of aldehydes is 1. The van der Waals surface area contributed by atoms with Crippen molar-refractivity contribution in [2.45, 2.75) is 0 Å². The van der Waals surface area contributed by atoms with Crippen LogP contribution in [0.25, 0.3) is 0 Å². The maximum absolute atomic E-state index is 10.5. The van der Waals surface area contributed by atoms with Crippen LogP contribution in [0.5, 0.6) is 0 Å². The summed E-state index contributed by atoms with van der Waals surface area (Å²) in [6.07, 6.45) is 0.310. The van der Waals surface area contributed by atoms with Crippen molar-refractivity contribution in [2.75, 3.05) is 5.88 Å². The number of hydrogen-bond donors (Lipinski definition) is 1. The molecule has 0 saturated carbocycles. The number of allylic oxidation sites excluding steroid dienone is 1. The lowest BCUT2D eigenvalue weighted by molar-refractivity contribution is -0.127. The van der Waals surface area contributed by atoms with Crippen LogP contribution in [0, 0.1) is 0 Å². The lowest BCUT2D eigenvalue weighted by Gasteiger charge is -1.92. The average molecular weight is 143 g/mol. The van der Waals surface area contributed by atoms with Crippen LogP contribution in [-0.2, 0) is 9.59 Å². The van der Waals surface area contributed by atoms with Gasteiger partial charge in [-0.05, 0) is 0 Å². The van der Waals surface area contributed by atoms with E-state index in [-0.39, 0.29) is 0 Å². The van der Waals surface area contributed by atoms with E-state index in [0.29, 0.717) is 17.9 Å². The molecular weight excluding hydrogens is 138 g/mol. The van der Waals surface area contributed by atoms with E-state index in [1.807, 2.05) is 0 Å². The maximum Gasteiger partial charge on any atom is 0.241 e. The summed E-state index contributed by atoms with van der Waals surface area (Å²) >= 11 is 1.47. The third kappa shape index (κ3) is 1.32. The number of thioether (sulfide) groups is 1. The van der Waals surface area contributed by atoms with Crippen molar-refractivity contribution >= 4 is 23.8 Å². The highest BCUT2D eigenvalue weighted by Gasteiger charge is 2.10. The van der Waals surface area contributed by atoms with Gasteiger partial charge in [0.25, 0.3) is 0 Å². The van der Waals surface area contributed by atoms with E-state index in [1.165, 1.54) is 11.8 Å². The van der Waals surface area contributed by atoms with E-state index in [9.17, 15) is 9.59 Å². The van der Waals surface area contributed by atoms with Crippen LogP contribution >= 0.6 is 11.8 Å². The molecule has 1 aliphatic heterocycles. The van der Waals surface area contributed by atoms with E-state index in [4.69, 9.17) is 0 Å². The zero-order valence-corrected chi connectivity index (χ0v) is 5.40. The first-order valence-corrected chi connectivity index (χ1v) is 3.44. The Kier molecular flexibility index (Phi) is 1.89. The summed E-state index contributed by atoms with van der Waals surface area (Å²) in [4.78, 5) is 20.4. The predicted molar refractivity (Wildman–Crippen MR) is 34.7 cm³/mol. The monoisotopic (exact) mass is 143 g/mol. The van der Waals surface area contributed by atoms with Gasteiger partial charge in [-0.1, -0.05) is 0 Å². The molecule has 1 N–H and O–H groups in total. The van der Waals surface area contributed by atoms with Gasteiger partial charge < -0.3 is 5.32 Å². The minimum absolute atomic E-state index is 0.310. The molecular formula is C5H5NO2S. The number of carbonyl (C=O) groups excluding carboxylic acids is 2. The molecule has 0 atom stereocenters. The van der Waals surface area contributed by atoms with E-state index < -0.39 is 5.78 Å². The Morgan fingerprint density at radius 2 is 2.67 bits per heavy atom. The summed E-state index contributed by atoms with van der Waals surface area (Å²) in [7, 11) is 0. The highest BCUT2D eigenvalue weighted by atomic mass is 32.2. The Balaban J connectivity index is 2.61. The lowest BCUT2D eigenvalue weighted by Crippen LogP contribution is -2.15. The molecule has 0 spiro atoms. The number of ketones is 1. The molecule has 0 unspecified atom stereocenters. The second kappa shape index (κ2) is 2.68. The second-order valence-corrected chi connectivity index (χ2v) is 2.36. The molecule has 0 aromatic heterocycles. The second-order valence-electron chi connectivity index (χ2n) is 1.50. The van der Waals surface area contributed by atoms with Gasteiger partial charge in [0.05, 0.1) is 11.6 Å². The number of rotatable bonds is 2. The molecule has 0 fully saturated rings. The van der Waals surface area contributed by atoms with E-state index >= 15 is 0 Å². The molecule has 0 aromatic rings. The fourth-order valence-electron chi connectivity index (χ4n) is 0.495. The Morgan fingerprint density at radius 1 is 1.89 bits per heavy atom. The summed E-state index contributed by atoms with van der Waals surface area (Å²) in [5, 5.41) is 4.40. The van der Waals surface area contributed by atoms with Crippen LogP contribution in [0.2, 0.25) is 0 Å². The third-order valence-electron chi connectivity index (χ3n) is 0.920. The molecule has 1 heterocycles. The molecule has 3 nitrogen and oxygen atoms in total. The van der Waals surface area contributed by atoms with Gasteiger partial charge in [-0.2, -0.15) is 0 Å². The Labute approximate surface area is 56.5 Å². The van der Waals surface area contributed by atoms with E-state index in [1.54, 1.807) is 5.41 Å². The van der Waals surface area contributed by atoms with Gasteiger partial charge >= 0.3 is 0 Å². The van der Waals surface area contributed by atoms with Crippen LogP contribution in [0.4, 0.5) is 0 Å². The van der Waals surface area contributed by atoms with Crippen molar-refractivity contribution in [3.63, 3.8) is 0 Å². The Bertz CT molecular complexity index is 176. The molecule has 0 saturated heterocycles. The molecule has 0 aliphatic carbocycles. The average Bonchev–Trinajstić information content (AvgIpc) is 2.37. The van der Waals surface area contributed by atoms with Gasteiger partial charge in [0.2, 0.25) is 5.78 Å². The van der Waals surface area contributed by atoms with E-state index in [0.717, 1.165) is 0 Å². The Morgan fingerprint density at radius 3 is 3.11 bits per heavy atom. The molecule has 48 valence electrons. The summed E-state index contributed by atoms with van der Waals surface area (Å²) in [6, 6.07) is 0. The van der Waals surface area contributed by atoms with Crippen LogP contribution in [0.1, 0.15) is 0 Å². The van der Waals surface area contributed by atoms with Gasteiger partial charge in [-0.25, -0.2) is 0 Å². The minimum Gasteiger partial charge on any atom is -0.372 e. The summed E-state index contributed by atoms with van der Waals surface area (Å²) in [5.74, 6) is 0.217. The van der Waals surface area contributed by atoms with Crippen LogP contribution in [-0.4, -0.2) is 17.9 Å². The summed E-state index contributed by atoms with van der Waals surface area (Å²) < 4.78 is 0. The largest absolute Gasteiger partial charge is 0.372 e. The Hall–Kier alpha value is -0.770. The number of nitrogens with one attached hydrogen (secondary N) is 1. The molecule has 1 rings (SSSR count). The standard InChI is InChI=1S/C5H5NO2S/c7-1-5(8)4-2-9-3-6-4/h1-2,6H,3H2. The van der Waals surface area contributed by atoms with Crippen molar-refractivity contribution in [2.24, 2.45) is 0 Å². The van der Waals surface area contributed by atoms with Crippen molar-refractivity contribution in [3.8, 4) is 0 Å². The first-order valence-electron chi connectivity index (χ1n) is 2.40. The van der Waals surface area contributed by atoms with Crippen molar-refractivity contribution in [1.29, 1.82) is 0 Å². The zero-order chi connectivity index (χ0) is 6.69. The zero-order valence-electron chi connectivity index (χ0n) is 4.59. The SMILES string of the molecule is O=CC(=O)C1=CSCN1. The smallest absolute Gasteiger partial charge is 0.241 e. The predicted octanol–water partition coefficient (Wildman–Crippen LogP) is -0.110. The maximum atomic E-state index is 10.5. The number of hydrogen-bond acceptors (Lipinski definition) is 4. The van der Waals surface area contributed by atoms with Gasteiger partial charge in [-0.3, -0.25) is 9.59 Å². The van der Waals surface area contributed by atoms with Gasteiger partial charge in [0.1, 0.15) is 0 Å². The molecule has 0 radical (unpaired) electrons. The van der Waals surface area contributed by atoms with Crippen molar-refractivity contribution < 1.29 is 9.59 Å². The number of carbonyl (C=O) groups is 2. The molecule has 0 bridgehead atoms. The van der Waals surface area contributed by atoms with Gasteiger partial charge in [0.15, 0.2) is 6.29 Å². The molecule has 4 heteroatoms. The third-order valence-corrected chi connectivity index (χ3v) is 1.63. The van der Waals surface area contributed by atoms with E-state index in [2.05, 4.69) is 5.32 Å². The molecule has 9 heavy (non-hydrogen) atoms. The van der Waals surface area contributed by atoms with Crippen molar-refractivity contribution in [1.82, 2.24) is 5.32 Å². The lowest BCUT2D eigenvalue weighted by atomic mass is 10.3. The molecule has 1 aliphatic rings. The van der Waals surface area contributed by atoms with Crippen LogP contribution < -0.4 is 5.32 Å². The van der Waals surface area contributed by atoms with Crippen LogP contribution in [0.15, 0.2) is 11.1 Å². The highest BCUT2D eigenvalue weighted by Crippen LogP contribution is 2.11. The van der Waals surface area contributed by atoms with Gasteiger partial charge in [-0.15, -0.1) is 11.8 Å². The van der Waals surface area contributed by atoms with Crippen molar-refractivity contribution in [3.05, 3.63) is 11.1 Å². The highest BCUT2D eigenvalue weighted by molar-refractivity contribution is 8.02. The summed E-state index contributed by atoms with van der Waals surface area (Å²) in [6.45, 7) is 0. The molecule has 0 aromatic carbocycles. The number of Topliss-reactive ketones (excluding diaryl/α,β-unsaturated/α-hetero) is 1.